The van der Waals surface area contributed by atoms with E-state index in [0.29, 0.717) is 26.1 Å². The van der Waals surface area contributed by atoms with Crippen LogP contribution in [0.1, 0.15) is 25.7 Å². The molecule has 2 saturated heterocycles. The maximum Gasteiger partial charge on any atom is 0.322 e. The van der Waals surface area contributed by atoms with Crippen molar-refractivity contribution in [2.24, 2.45) is 0 Å². The van der Waals surface area contributed by atoms with Crippen LogP contribution in [0.3, 0.4) is 0 Å². The molecule has 2 fully saturated rings. The first-order valence-electron chi connectivity index (χ1n) is 7.00. The molecule has 0 amide bonds. The van der Waals surface area contributed by atoms with Crippen molar-refractivity contribution in [1.29, 1.82) is 0 Å². The van der Waals surface area contributed by atoms with Crippen molar-refractivity contribution >= 4 is 16.2 Å². The standard InChI is InChI=1S/C12H23N3O4S/c1-13(2)10-6-8-14(9-10)20(18,19)15-7-4-3-5-11(15)12(16)17/h10-11H,3-9H2,1-2H3,(H,16,17). The van der Waals surface area contributed by atoms with Gasteiger partial charge in [-0.05, 0) is 39.8 Å². The molecule has 2 atom stereocenters. The van der Waals surface area contributed by atoms with Gasteiger partial charge in [-0.1, -0.05) is 0 Å². The first-order valence-corrected chi connectivity index (χ1v) is 8.40. The van der Waals surface area contributed by atoms with Gasteiger partial charge in [-0.15, -0.1) is 0 Å². The molecular formula is C12H23N3O4S. The second-order valence-electron chi connectivity index (χ2n) is 5.73. The number of hydrogen-bond acceptors (Lipinski definition) is 4. The lowest BCUT2D eigenvalue weighted by Gasteiger charge is -2.34. The van der Waals surface area contributed by atoms with Crippen molar-refractivity contribution in [2.45, 2.75) is 37.8 Å². The van der Waals surface area contributed by atoms with Gasteiger partial charge in [-0.25, -0.2) is 0 Å². The van der Waals surface area contributed by atoms with E-state index in [0.717, 1.165) is 19.3 Å². The van der Waals surface area contributed by atoms with E-state index in [2.05, 4.69) is 0 Å². The summed E-state index contributed by atoms with van der Waals surface area (Å²) in [6.45, 7) is 1.22. The Kier molecular flexibility index (Phi) is 4.68. The van der Waals surface area contributed by atoms with Crippen LogP contribution in [-0.4, -0.2) is 78.8 Å². The average Bonchev–Trinajstić information content (AvgIpc) is 2.89. The van der Waals surface area contributed by atoms with Gasteiger partial charge in [0, 0.05) is 25.7 Å². The van der Waals surface area contributed by atoms with Gasteiger partial charge in [-0.3, -0.25) is 4.79 Å². The maximum atomic E-state index is 12.6. The van der Waals surface area contributed by atoms with Gasteiger partial charge in [0.2, 0.25) is 0 Å². The summed E-state index contributed by atoms with van der Waals surface area (Å²) in [5.74, 6) is -1.04. The SMILES string of the molecule is CN(C)C1CCN(S(=O)(=O)N2CCCCC2C(=O)O)C1. The number of rotatable bonds is 4. The van der Waals surface area contributed by atoms with Gasteiger partial charge in [0.05, 0.1) is 0 Å². The van der Waals surface area contributed by atoms with Gasteiger partial charge < -0.3 is 10.0 Å². The summed E-state index contributed by atoms with van der Waals surface area (Å²) in [4.78, 5) is 13.3. The van der Waals surface area contributed by atoms with Crippen LogP contribution in [0.15, 0.2) is 0 Å². The Morgan fingerprint density at radius 2 is 1.90 bits per heavy atom. The predicted molar refractivity (Wildman–Crippen MR) is 74.6 cm³/mol. The lowest BCUT2D eigenvalue weighted by molar-refractivity contribution is -0.142. The highest BCUT2D eigenvalue weighted by Crippen LogP contribution is 2.26. The Labute approximate surface area is 120 Å². The molecule has 0 radical (unpaired) electrons. The summed E-state index contributed by atoms with van der Waals surface area (Å²) in [6, 6.07) is -0.704. The lowest BCUT2D eigenvalue weighted by atomic mass is 10.1. The molecule has 116 valence electrons. The summed E-state index contributed by atoms with van der Waals surface area (Å²) < 4.78 is 27.9. The number of carbonyl (C=O) groups is 1. The van der Waals surface area contributed by atoms with E-state index in [1.807, 2.05) is 19.0 Å². The van der Waals surface area contributed by atoms with Gasteiger partial charge in [0.15, 0.2) is 0 Å². The number of aliphatic carboxylic acids is 1. The quantitative estimate of drug-likeness (QED) is 0.778. The molecule has 0 bridgehead atoms. The van der Waals surface area contributed by atoms with Crippen LogP contribution in [0, 0.1) is 0 Å². The van der Waals surface area contributed by atoms with Crippen molar-refractivity contribution < 1.29 is 18.3 Å². The third-order valence-electron chi connectivity index (χ3n) is 4.22. The van der Waals surface area contributed by atoms with E-state index >= 15 is 0 Å². The number of likely N-dealkylation sites (N-methyl/N-ethyl adjacent to an activating group) is 1. The molecule has 7 nitrogen and oxygen atoms in total. The fourth-order valence-corrected chi connectivity index (χ4v) is 4.79. The molecule has 2 heterocycles. The highest BCUT2D eigenvalue weighted by Gasteiger charge is 2.42. The molecule has 0 spiro atoms. The normalized spacial score (nSPS) is 29.9. The van der Waals surface area contributed by atoms with E-state index < -0.39 is 22.2 Å². The van der Waals surface area contributed by atoms with E-state index in [9.17, 15) is 18.3 Å². The summed E-state index contributed by atoms with van der Waals surface area (Å²) in [5, 5.41) is 9.22. The van der Waals surface area contributed by atoms with Crippen LogP contribution in [0.2, 0.25) is 0 Å². The third kappa shape index (κ3) is 2.98. The van der Waals surface area contributed by atoms with E-state index in [1.54, 1.807) is 0 Å². The number of carboxylic acid groups (broad SMARTS) is 1. The van der Waals surface area contributed by atoms with Crippen molar-refractivity contribution in [1.82, 2.24) is 13.5 Å². The number of carboxylic acids is 1. The minimum absolute atomic E-state index is 0.206. The van der Waals surface area contributed by atoms with Gasteiger partial charge in [0.25, 0.3) is 10.2 Å². The highest BCUT2D eigenvalue weighted by atomic mass is 32.2. The molecule has 2 unspecified atom stereocenters. The predicted octanol–water partition coefficient (Wildman–Crippen LogP) is -0.194. The smallest absolute Gasteiger partial charge is 0.322 e. The second-order valence-corrected chi connectivity index (χ2v) is 7.61. The minimum Gasteiger partial charge on any atom is -0.480 e. The Balaban J connectivity index is 2.15. The molecule has 1 N–H and O–H groups in total. The zero-order chi connectivity index (χ0) is 14.9. The zero-order valence-electron chi connectivity index (χ0n) is 12.0. The van der Waals surface area contributed by atoms with Crippen LogP contribution in [0.25, 0.3) is 0 Å². The van der Waals surface area contributed by atoms with Crippen LogP contribution in [0.4, 0.5) is 0 Å². The van der Waals surface area contributed by atoms with E-state index in [4.69, 9.17) is 0 Å². The van der Waals surface area contributed by atoms with Crippen molar-refractivity contribution in [3.8, 4) is 0 Å². The van der Waals surface area contributed by atoms with Crippen molar-refractivity contribution in [3.05, 3.63) is 0 Å². The Hall–Kier alpha value is -0.700. The molecule has 8 heteroatoms. The average molecular weight is 305 g/mol. The fraction of sp³-hybridized carbons (Fsp3) is 0.917. The molecule has 2 aliphatic heterocycles. The fourth-order valence-electron chi connectivity index (χ4n) is 2.92. The first-order chi connectivity index (χ1) is 9.34. The van der Waals surface area contributed by atoms with Gasteiger partial charge >= 0.3 is 5.97 Å². The molecule has 2 aliphatic rings. The first kappa shape index (κ1) is 15.7. The monoisotopic (exact) mass is 305 g/mol. The molecule has 0 aliphatic carbocycles. The van der Waals surface area contributed by atoms with Crippen LogP contribution in [-0.2, 0) is 15.0 Å². The van der Waals surface area contributed by atoms with Crippen LogP contribution >= 0.6 is 0 Å². The Bertz CT molecular complexity index is 465. The highest BCUT2D eigenvalue weighted by molar-refractivity contribution is 7.86. The molecule has 20 heavy (non-hydrogen) atoms. The molecule has 0 aromatic carbocycles. The van der Waals surface area contributed by atoms with Crippen LogP contribution in [0.5, 0.6) is 0 Å². The van der Waals surface area contributed by atoms with E-state index in [1.165, 1.54) is 8.61 Å². The largest absolute Gasteiger partial charge is 0.480 e. The molecule has 0 saturated carbocycles. The Morgan fingerprint density at radius 3 is 2.45 bits per heavy atom. The molecule has 2 rings (SSSR count). The van der Waals surface area contributed by atoms with E-state index in [-0.39, 0.29) is 6.04 Å². The summed E-state index contributed by atoms with van der Waals surface area (Å²) >= 11 is 0. The van der Waals surface area contributed by atoms with Crippen molar-refractivity contribution in [3.63, 3.8) is 0 Å². The van der Waals surface area contributed by atoms with Gasteiger partial charge in [-0.2, -0.15) is 17.0 Å². The summed E-state index contributed by atoms with van der Waals surface area (Å²) in [5.41, 5.74) is 0. The minimum atomic E-state index is -3.66. The molecular weight excluding hydrogens is 282 g/mol. The maximum absolute atomic E-state index is 12.6. The molecule has 0 aromatic heterocycles. The lowest BCUT2D eigenvalue weighted by Crippen LogP contribution is -2.53. The van der Waals surface area contributed by atoms with Gasteiger partial charge in [0.1, 0.15) is 6.04 Å². The van der Waals surface area contributed by atoms with Crippen molar-refractivity contribution in [2.75, 3.05) is 33.7 Å². The number of hydrogen-bond donors (Lipinski definition) is 1. The number of piperidine rings is 1. The number of nitrogens with zero attached hydrogens (tertiary/aromatic N) is 3. The third-order valence-corrected chi connectivity index (χ3v) is 6.23. The molecule has 0 aromatic rings. The summed E-state index contributed by atoms with van der Waals surface area (Å²) in [7, 11) is 0.201. The Morgan fingerprint density at radius 1 is 1.20 bits per heavy atom. The summed E-state index contributed by atoms with van der Waals surface area (Å²) in [6.07, 6.45) is 2.69. The van der Waals surface area contributed by atoms with Crippen LogP contribution < -0.4 is 0 Å². The topological polar surface area (TPSA) is 81.2 Å². The zero-order valence-corrected chi connectivity index (χ0v) is 12.8. The second kappa shape index (κ2) is 5.97.